The van der Waals surface area contributed by atoms with Crippen LogP contribution < -0.4 is 5.32 Å². The van der Waals surface area contributed by atoms with Crippen LogP contribution >= 0.6 is 0 Å². The van der Waals surface area contributed by atoms with Crippen molar-refractivity contribution in [1.29, 1.82) is 0 Å². The van der Waals surface area contributed by atoms with Crippen molar-refractivity contribution in [3.05, 3.63) is 18.2 Å². The minimum absolute atomic E-state index is 0.302. The zero-order valence-corrected chi connectivity index (χ0v) is 9.04. The second kappa shape index (κ2) is 5.46. The van der Waals surface area contributed by atoms with Crippen LogP contribution in [0, 0.1) is 11.8 Å². The summed E-state index contributed by atoms with van der Waals surface area (Å²) in [6, 6.07) is 0.302. The number of hydrogen-bond donors (Lipinski definition) is 1. The minimum Gasteiger partial charge on any atom is -0.337 e. The molecule has 76 valence electrons. The van der Waals surface area contributed by atoms with Gasteiger partial charge in [0.25, 0.3) is 0 Å². The molecule has 1 atom stereocenters. The molecule has 0 aromatic carbocycles. The molecule has 1 heterocycles. The Balaban J connectivity index is 2.61. The molecular formula is C11H17N3. The van der Waals surface area contributed by atoms with Crippen molar-refractivity contribution in [2.45, 2.75) is 25.8 Å². The Hall–Kier alpha value is -1.27. The molecule has 14 heavy (non-hydrogen) atoms. The van der Waals surface area contributed by atoms with Gasteiger partial charge in [-0.05, 0) is 20.4 Å². The van der Waals surface area contributed by atoms with E-state index in [9.17, 15) is 0 Å². The van der Waals surface area contributed by atoms with Crippen molar-refractivity contribution in [3.8, 4) is 11.8 Å². The summed E-state index contributed by atoms with van der Waals surface area (Å²) < 4.78 is 2.04. The van der Waals surface area contributed by atoms with Crippen LogP contribution in [0.15, 0.2) is 12.4 Å². The summed E-state index contributed by atoms with van der Waals surface area (Å²) >= 11 is 0. The number of nitrogens with zero attached hydrogens (tertiary/aromatic N) is 2. The van der Waals surface area contributed by atoms with Gasteiger partial charge >= 0.3 is 0 Å². The lowest BCUT2D eigenvalue weighted by Crippen LogP contribution is -2.19. The number of aryl methyl sites for hydroxylation is 1. The highest BCUT2D eigenvalue weighted by atomic mass is 15.1. The van der Waals surface area contributed by atoms with Gasteiger partial charge in [0.05, 0.1) is 6.04 Å². The number of rotatable bonds is 4. The van der Waals surface area contributed by atoms with Crippen LogP contribution in [0.4, 0.5) is 0 Å². The van der Waals surface area contributed by atoms with Crippen molar-refractivity contribution in [2.75, 3.05) is 7.05 Å². The maximum Gasteiger partial charge on any atom is 0.125 e. The molecule has 0 aliphatic heterocycles. The van der Waals surface area contributed by atoms with Gasteiger partial charge in [0.2, 0.25) is 0 Å². The van der Waals surface area contributed by atoms with E-state index in [1.54, 1.807) is 0 Å². The molecular weight excluding hydrogens is 174 g/mol. The molecule has 0 fully saturated rings. The Kier molecular flexibility index (Phi) is 4.21. The van der Waals surface area contributed by atoms with Crippen LogP contribution in [0.5, 0.6) is 0 Å². The Morgan fingerprint density at radius 3 is 2.93 bits per heavy atom. The van der Waals surface area contributed by atoms with E-state index in [0.29, 0.717) is 6.04 Å². The van der Waals surface area contributed by atoms with Gasteiger partial charge in [0.1, 0.15) is 5.82 Å². The monoisotopic (exact) mass is 191 g/mol. The highest BCUT2D eigenvalue weighted by molar-refractivity contribution is 5.01. The molecule has 0 saturated heterocycles. The quantitative estimate of drug-likeness (QED) is 0.731. The zero-order valence-electron chi connectivity index (χ0n) is 9.04. The summed E-state index contributed by atoms with van der Waals surface area (Å²) in [4.78, 5) is 4.32. The van der Waals surface area contributed by atoms with Crippen LogP contribution in [0.1, 0.15) is 31.6 Å². The van der Waals surface area contributed by atoms with Gasteiger partial charge < -0.3 is 9.88 Å². The third-order valence-electron chi connectivity index (χ3n) is 2.25. The summed E-state index contributed by atoms with van der Waals surface area (Å²) in [7, 11) is 3.97. The average molecular weight is 191 g/mol. The SMILES string of the molecule is CC#CCCC(NC)c1nccn1C. The van der Waals surface area contributed by atoms with Gasteiger partial charge in [0, 0.05) is 25.9 Å². The number of imidazole rings is 1. The van der Waals surface area contributed by atoms with Gasteiger partial charge in [-0.3, -0.25) is 0 Å². The summed E-state index contributed by atoms with van der Waals surface area (Å²) in [5.41, 5.74) is 0. The Labute approximate surface area is 85.5 Å². The van der Waals surface area contributed by atoms with Crippen LogP contribution in [-0.4, -0.2) is 16.6 Å². The van der Waals surface area contributed by atoms with E-state index < -0.39 is 0 Å². The van der Waals surface area contributed by atoms with Gasteiger partial charge in [-0.25, -0.2) is 4.98 Å². The topological polar surface area (TPSA) is 29.9 Å². The molecule has 1 rings (SSSR count). The fourth-order valence-corrected chi connectivity index (χ4v) is 1.46. The predicted octanol–water partition coefficient (Wildman–Crippen LogP) is 1.48. The second-order valence-corrected chi connectivity index (χ2v) is 3.20. The van der Waals surface area contributed by atoms with Crippen LogP contribution in [-0.2, 0) is 7.05 Å². The highest BCUT2D eigenvalue weighted by Gasteiger charge is 2.12. The Bertz CT molecular complexity index is 330. The summed E-state index contributed by atoms with van der Waals surface area (Å²) in [5.74, 6) is 7.04. The number of nitrogens with one attached hydrogen (secondary N) is 1. The number of hydrogen-bond acceptors (Lipinski definition) is 2. The lowest BCUT2D eigenvalue weighted by atomic mass is 10.1. The highest BCUT2D eigenvalue weighted by Crippen LogP contribution is 2.14. The van der Waals surface area contributed by atoms with Gasteiger partial charge in [-0.15, -0.1) is 11.8 Å². The van der Waals surface area contributed by atoms with Gasteiger partial charge in [0.15, 0.2) is 0 Å². The fraction of sp³-hybridized carbons (Fsp3) is 0.545. The smallest absolute Gasteiger partial charge is 0.125 e. The molecule has 0 radical (unpaired) electrons. The van der Waals surface area contributed by atoms with E-state index in [4.69, 9.17) is 0 Å². The molecule has 0 spiro atoms. The van der Waals surface area contributed by atoms with E-state index in [-0.39, 0.29) is 0 Å². The standard InChI is InChI=1S/C11H17N3/c1-4-5-6-7-10(12-2)11-13-8-9-14(11)3/h8-10,12H,6-7H2,1-3H3. The lowest BCUT2D eigenvalue weighted by molar-refractivity contribution is 0.512. The van der Waals surface area contributed by atoms with Crippen LogP contribution in [0.25, 0.3) is 0 Å². The first-order chi connectivity index (χ1) is 6.79. The van der Waals surface area contributed by atoms with Crippen LogP contribution in [0.2, 0.25) is 0 Å². The molecule has 0 amide bonds. The Morgan fingerprint density at radius 1 is 1.64 bits per heavy atom. The van der Waals surface area contributed by atoms with Gasteiger partial charge in [-0.1, -0.05) is 0 Å². The molecule has 1 N–H and O–H groups in total. The second-order valence-electron chi connectivity index (χ2n) is 3.20. The molecule has 0 bridgehead atoms. The zero-order chi connectivity index (χ0) is 10.4. The average Bonchev–Trinajstić information content (AvgIpc) is 2.60. The molecule has 0 aliphatic rings. The molecule has 3 nitrogen and oxygen atoms in total. The first kappa shape index (κ1) is 10.8. The van der Waals surface area contributed by atoms with Crippen molar-refractivity contribution < 1.29 is 0 Å². The maximum atomic E-state index is 4.32. The fourth-order valence-electron chi connectivity index (χ4n) is 1.46. The first-order valence-corrected chi connectivity index (χ1v) is 4.83. The third kappa shape index (κ3) is 2.61. The molecule has 1 aromatic heterocycles. The lowest BCUT2D eigenvalue weighted by Gasteiger charge is -2.14. The van der Waals surface area contributed by atoms with Gasteiger partial charge in [-0.2, -0.15) is 0 Å². The first-order valence-electron chi connectivity index (χ1n) is 4.83. The predicted molar refractivity (Wildman–Crippen MR) is 57.7 cm³/mol. The minimum atomic E-state index is 0.302. The van der Waals surface area contributed by atoms with E-state index >= 15 is 0 Å². The summed E-state index contributed by atoms with van der Waals surface area (Å²) in [6.45, 7) is 1.87. The van der Waals surface area contributed by atoms with Crippen molar-refractivity contribution in [1.82, 2.24) is 14.9 Å². The van der Waals surface area contributed by atoms with E-state index in [1.165, 1.54) is 0 Å². The summed E-state index contributed by atoms with van der Waals surface area (Å²) in [6.07, 6.45) is 5.70. The van der Waals surface area contributed by atoms with Crippen molar-refractivity contribution in [2.24, 2.45) is 7.05 Å². The van der Waals surface area contributed by atoms with Crippen molar-refractivity contribution >= 4 is 0 Å². The van der Waals surface area contributed by atoms with E-state index in [2.05, 4.69) is 22.1 Å². The molecule has 0 saturated carbocycles. The van der Waals surface area contributed by atoms with Crippen LogP contribution in [0.3, 0.4) is 0 Å². The third-order valence-corrected chi connectivity index (χ3v) is 2.25. The molecule has 0 aliphatic carbocycles. The molecule has 1 aromatic rings. The number of aromatic nitrogens is 2. The van der Waals surface area contributed by atoms with E-state index in [1.807, 2.05) is 38.0 Å². The normalized spacial score (nSPS) is 11.9. The summed E-state index contributed by atoms with van der Waals surface area (Å²) in [5, 5.41) is 3.25. The molecule has 1 unspecified atom stereocenters. The Morgan fingerprint density at radius 2 is 2.43 bits per heavy atom. The molecule has 3 heteroatoms. The maximum absolute atomic E-state index is 4.32. The van der Waals surface area contributed by atoms with Crippen molar-refractivity contribution in [3.63, 3.8) is 0 Å². The van der Waals surface area contributed by atoms with E-state index in [0.717, 1.165) is 18.7 Å². The largest absolute Gasteiger partial charge is 0.337 e.